The third kappa shape index (κ3) is 4.47. The lowest BCUT2D eigenvalue weighted by atomic mass is 10.0. The predicted octanol–water partition coefficient (Wildman–Crippen LogP) is 1.96. The molecule has 1 aromatic carbocycles. The zero-order valence-electron chi connectivity index (χ0n) is 11.5. The van der Waals surface area contributed by atoms with Crippen molar-refractivity contribution in [1.82, 2.24) is 0 Å². The average molecular weight is 305 g/mol. The number of carbonyl (C=O) groups is 2. The van der Waals surface area contributed by atoms with Crippen LogP contribution in [-0.2, 0) is 9.53 Å². The molecule has 0 aromatic heterocycles. The molecule has 0 aliphatic heterocycles. The van der Waals surface area contributed by atoms with Crippen molar-refractivity contribution in [2.75, 3.05) is 12.4 Å². The maximum absolute atomic E-state index is 13.6. The van der Waals surface area contributed by atoms with E-state index in [0.29, 0.717) is 0 Å². The topological polar surface area (TPSA) is 81.4 Å². The number of esters is 1. The number of methoxy groups -OCH3 is 1. The largest absolute Gasteiger partial charge is 0.465 e. The van der Waals surface area contributed by atoms with E-state index in [4.69, 9.17) is 5.73 Å². The molecule has 1 atom stereocenters. The number of halogens is 2. The quantitative estimate of drug-likeness (QED) is 0.833. The van der Waals surface area contributed by atoms with Crippen molar-refractivity contribution in [3.05, 3.63) is 29.6 Å². The first-order valence-electron chi connectivity index (χ1n) is 5.81. The number of carbonyl (C=O) groups excluding carboxylic acids is 2. The van der Waals surface area contributed by atoms with Gasteiger partial charge in [-0.05, 0) is 24.1 Å². The maximum Gasteiger partial charge on any atom is 0.337 e. The van der Waals surface area contributed by atoms with Gasteiger partial charge in [-0.3, -0.25) is 4.79 Å². The Morgan fingerprint density at radius 2 is 1.95 bits per heavy atom. The average Bonchev–Trinajstić information content (AvgIpc) is 2.39. The van der Waals surface area contributed by atoms with Gasteiger partial charge in [-0.25, -0.2) is 9.18 Å². The molecule has 7 heteroatoms. The van der Waals surface area contributed by atoms with Crippen molar-refractivity contribution in [2.24, 2.45) is 11.7 Å². The molecule has 1 aromatic rings. The predicted molar refractivity (Wildman–Crippen MR) is 76.4 cm³/mol. The lowest BCUT2D eigenvalue weighted by Crippen LogP contribution is -2.39. The Hall–Kier alpha value is -1.66. The Bertz CT molecular complexity index is 495. The third-order valence-corrected chi connectivity index (χ3v) is 2.67. The van der Waals surface area contributed by atoms with Crippen LogP contribution in [0.15, 0.2) is 18.2 Å². The summed E-state index contributed by atoms with van der Waals surface area (Å²) in [7, 11) is 1.22. The van der Waals surface area contributed by atoms with E-state index in [9.17, 15) is 14.0 Å². The molecule has 0 aliphatic rings. The van der Waals surface area contributed by atoms with E-state index in [0.717, 1.165) is 6.07 Å². The highest BCUT2D eigenvalue weighted by Gasteiger charge is 2.19. The molecule has 1 amide bonds. The molecule has 0 bridgehead atoms. The van der Waals surface area contributed by atoms with E-state index in [2.05, 4.69) is 10.1 Å². The van der Waals surface area contributed by atoms with Crippen LogP contribution < -0.4 is 11.1 Å². The Balaban J connectivity index is 0.00000361. The Morgan fingerprint density at radius 3 is 2.45 bits per heavy atom. The minimum Gasteiger partial charge on any atom is -0.465 e. The zero-order chi connectivity index (χ0) is 14.6. The summed E-state index contributed by atoms with van der Waals surface area (Å²) < 4.78 is 18.1. The molecule has 0 saturated carbocycles. The zero-order valence-corrected chi connectivity index (χ0v) is 12.3. The summed E-state index contributed by atoms with van der Waals surface area (Å²) in [5.41, 5.74) is 5.71. The van der Waals surface area contributed by atoms with Crippen LogP contribution in [0.4, 0.5) is 10.1 Å². The molecule has 5 nitrogen and oxygen atoms in total. The fourth-order valence-corrected chi connectivity index (χ4v) is 1.38. The normalized spacial score (nSPS) is 11.5. The summed E-state index contributed by atoms with van der Waals surface area (Å²) in [5.74, 6) is -1.83. The highest BCUT2D eigenvalue weighted by Crippen LogP contribution is 2.17. The van der Waals surface area contributed by atoms with E-state index in [-0.39, 0.29) is 29.6 Å². The van der Waals surface area contributed by atoms with Crippen LogP contribution in [-0.4, -0.2) is 25.0 Å². The number of amides is 1. The van der Waals surface area contributed by atoms with Gasteiger partial charge in [-0.1, -0.05) is 13.8 Å². The Labute approximate surface area is 123 Å². The van der Waals surface area contributed by atoms with Crippen LogP contribution in [0.25, 0.3) is 0 Å². The van der Waals surface area contributed by atoms with Crippen LogP contribution in [0.2, 0.25) is 0 Å². The van der Waals surface area contributed by atoms with E-state index >= 15 is 0 Å². The van der Waals surface area contributed by atoms with Crippen molar-refractivity contribution < 1.29 is 18.7 Å². The van der Waals surface area contributed by atoms with Gasteiger partial charge in [0.1, 0.15) is 5.82 Å². The first kappa shape index (κ1) is 18.3. The Kier molecular flexibility index (Phi) is 7.17. The minimum atomic E-state index is -0.749. The lowest BCUT2D eigenvalue weighted by molar-refractivity contribution is -0.118. The smallest absolute Gasteiger partial charge is 0.337 e. The van der Waals surface area contributed by atoms with Gasteiger partial charge >= 0.3 is 5.97 Å². The first-order chi connectivity index (χ1) is 8.86. The highest BCUT2D eigenvalue weighted by molar-refractivity contribution is 5.97. The molecule has 0 saturated heterocycles. The number of nitrogens with one attached hydrogen (secondary N) is 1. The molecule has 3 N–H and O–H groups in total. The molecule has 0 aliphatic carbocycles. The summed E-state index contributed by atoms with van der Waals surface area (Å²) in [5, 5.41) is 2.36. The summed E-state index contributed by atoms with van der Waals surface area (Å²) in [6, 6.07) is 2.83. The van der Waals surface area contributed by atoms with Gasteiger partial charge in [0.15, 0.2) is 0 Å². The number of nitrogens with two attached hydrogens (primary N) is 1. The number of anilines is 1. The number of rotatable bonds is 4. The van der Waals surface area contributed by atoms with Gasteiger partial charge in [-0.15, -0.1) is 12.4 Å². The van der Waals surface area contributed by atoms with Crippen molar-refractivity contribution in [1.29, 1.82) is 0 Å². The van der Waals surface area contributed by atoms with Crippen molar-refractivity contribution in [2.45, 2.75) is 19.9 Å². The summed E-state index contributed by atoms with van der Waals surface area (Å²) >= 11 is 0. The van der Waals surface area contributed by atoms with Gasteiger partial charge in [0.2, 0.25) is 5.91 Å². The molecule has 0 fully saturated rings. The van der Waals surface area contributed by atoms with Crippen LogP contribution >= 0.6 is 12.4 Å². The second-order valence-corrected chi connectivity index (χ2v) is 4.45. The molecule has 0 unspecified atom stereocenters. The standard InChI is InChI=1S/C13H17FN2O3.ClH/c1-7(2)11(15)12(17)16-10-6-8(13(18)19-3)4-5-9(10)14;/h4-7,11H,15H2,1-3H3,(H,16,17);1H/t11-;/m0./s1. The van der Waals surface area contributed by atoms with Crippen molar-refractivity contribution in [3.63, 3.8) is 0 Å². The van der Waals surface area contributed by atoms with Gasteiger partial charge in [-0.2, -0.15) is 0 Å². The second kappa shape index (κ2) is 7.81. The van der Waals surface area contributed by atoms with Crippen LogP contribution in [0.3, 0.4) is 0 Å². The molecule has 0 heterocycles. The number of ether oxygens (including phenoxy) is 1. The number of benzene rings is 1. The summed E-state index contributed by atoms with van der Waals surface area (Å²) in [4.78, 5) is 23.1. The molecule has 1 rings (SSSR count). The minimum absolute atomic E-state index is 0. The molecule has 20 heavy (non-hydrogen) atoms. The van der Waals surface area contributed by atoms with Gasteiger partial charge < -0.3 is 15.8 Å². The van der Waals surface area contributed by atoms with E-state index in [1.165, 1.54) is 19.2 Å². The summed E-state index contributed by atoms with van der Waals surface area (Å²) in [6.07, 6.45) is 0. The second-order valence-electron chi connectivity index (χ2n) is 4.45. The monoisotopic (exact) mass is 304 g/mol. The molecule has 0 spiro atoms. The maximum atomic E-state index is 13.6. The molecule has 112 valence electrons. The SMILES string of the molecule is COC(=O)c1ccc(F)c(NC(=O)[C@@H](N)C(C)C)c1.Cl. The van der Waals surface area contributed by atoms with Crippen LogP contribution in [0, 0.1) is 11.7 Å². The van der Waals surface area contributed by atoms with Gasteiger partial charge in [0.05, 0.1) is 24.4 Å². The van der Waals surface area contributed by atoms with Crippen LogP contribution in [0.1, 0.15) is 24.2 Å². The van der Waals surface area contributed by atoms with E-state index < -0.39 is 23.7 Å². The van der Waals surface area contributed by atoms with E-state index in [1.807, 2.05) is 0 Å². The highest BCUT2D eigenvalue weighted by atomic mass is 35.5. The fraction of sp³-hybridized carbons (Fsp3) is 0.385. The van der Waals surface area contributed by atoms with Gasteiger partial charge in [0.25, 0.3) is 0 Å². The Morgan fingerprint density at radius 1 is 1.35 bits per heavy atom. The molecular weight excluding hydrogens is 287 g/mol. The molecular formula is C13H18ClFN2O3. The number of hydrogen-bond donors (Lipinski definition) is 2. The van der Waals surface area contributed by atoms with E-state index in [1.54, 1.807) is 13.8 Å². The first-order valence-corrected chi connectivity index (χ1v) is 5.81. The van der Waals surface area contributed by atoms with Crippen molar-refractivity contribution >= 4 is 30.0 Å². The number of hydrogen-bond acceptors (Lipinski definition) is 4. The summed E-state index contributed by atoms with van der Waals surface area (Å²) in [6.45, 7) is 3.57. The van der Waals surface area contributed by atoms with Crippen LogP contribution in [0.5, 0.6) is 0 Å². The lowest BCUT2D eigenvalue weighted by Gasteiger charge is -2.16. The van der Waals surface area contributed by atoms with Gasteiger partial charge in [0, 0.05) is 0 Å². The molecule has 0 radical (unpaired) electrons. The van der Waals surface area contributed by atoms with Crippen molar-refractivity contribution in [3.8, 4) is 0 Å². The fourth-order valence-electron chi connectivity index (χ4n) is 1.38. The third-order valence-electron chi connectivity index (χ3n) is 2.67.